The van der Waals surface area contributed by atoms with Crippen molar-refractivity contribution in [1.29, 1.82) is 0 Å². The van der Waals surface area contributed by atoms with Crippen molar-refractivity contribution in [2.24, 2.45) is 5.92 Å². The second-order valence-corrected chi connectivity index (χ2v) is 6.70. The number of anilines is 1. The molecule has 2 aromatic carbocycles. The third-order valence-corrected chi connectivity index (χ3v) is 3.75. The summed E-state index contributed by atoms with van der Waals surface area (Å²) in [5.74, 6) is 0.401. The van der Waals surface area contributed by atoms with E-state index in [4.69, 9.17) is 14.2 Å². The van der Waals surface area contributed by atoms with Crippen LogP contribution in [0, 0.1) is 5.92 Å². The molecule has 6 nitrogen and oxygen atoms in total. The number of carbonyl (C=O) groups is 2. The molecule has 0 aromatic heterocycles. The number of ether oxygens (including phenoxy) is 3. The zero-order valence-electron chi connectivity index (χ0n) is 16.7. The van der Waals surface area contributed by atoms with E-state index in [1.807, 2.05) is 39.0 Å². The van der Waals surface area contributed by atoms with Gasteiger partial charge in [0.2, 0.25) is 0 Å². The molecular formula is C22H27NO5. The number of esters is 1. The predicted molar refractivity (Wildman–Crippen MR) is 108 cm³/mol. The molecule has 6 heteroatoms. The molecule has 1 atom stereocenters. The van der Waals surface area contributed by atoms with Crippen molar-refractivity contribution in [3.8, 4) is 11.5 Å². The lowest BCUT2D eigenvalue weighted by molar-refractivity contribution is -0.123. The Morgan fingerprint density at radius 2 is 1.68 bits per heavy atom. The molecule has 0 bridgehead atoms. The number of nitrogens with one attached hydrogen (secondary N) is 1. The molecule has 150 valence electrons. The van der Waals surface area contributed by atoms with Gasteiger partial charge in [-0.2, -0.15) is 0 Å². The lowest BCUT2D eigenvalue weighted by Gasteiger charge is -2.16. The third-order valence-electron chi connectivity index (χ3n) is 3.75. The fraction of sp³-hybridized carbons (Fsp3) is 0.364. The minimum atomic E-state index is -0.944. The van der Waals surface area contributed by atoms with E-state index < -0.39 is 18.0 Å². The highest BCUT2D eigenvalue weighted by molar-refractivity contribution is 5.97. The van der Waals surface area contributed by atoms with Crippen molar-refractivity contribution >= 4 is 17.6 Å². The molecule has 1 unspecified atom stereocenters. The summed E-state index contributed by atoms with van der Waals surface area (Å²) in [5.41, 5.74) is 0.931. The van der Waals surface area contributed by atoms with Crippen LogP contribution >= 0.6 is 0 Å². The Hall–Kier alpha value is -3.02. The minimum absolute atomic E-state index is 0.291. The van der Waals surface area contributed by atoms with Crippen LogP contribution in [0.15, 0.2) is 48.5 Å². The van der Waals surface area contributed by atoms with Gasteiger partial charge < -0.3 is 19.5 Å². The van der Waals surface area contributed by atoms with E-state index in [9.17, 15) is 9.59 Å². The van der Waals surface area contributed by atoms with Crippen LogP contribution in [0.1, 0.15) is 38.1 Å². The Labute approximate surface area is 165 Å². The van der Waals surface area contributed by atoms with Crippen LogP contribution in [0.2, 0.25) is 0 Å². The minimum Gasteiger partial charge on any atom is -0.490 e. The van der Waals surface area contributed by atoms with E-state index in [1.54, 1.807) is 30.3 Å². The smallest absolute Gasteiger partial charge is 0.339 e. The summed E-state index contributed by atoms with van der Waals surface area (Å²) < 4.78 is 16.6. The van der Waals surface area contributed by atoms with E-state index >= 15 is 0 Å². The molecule has 0 aliphatic carbocycles. The van der Waals surface area contributed by atoms with Crippen LogP contribution in [-0.2, 0) is 9.53 Å². The van der Waals surface area contributed by atoms with Crippen LogP contribution in [0.25, 0.3) is 0 Å². The molecule has 1 amide bonds. The number of amides is 1. The number of para-hydroxylation sites is 1. The topological polar surface area (TPSA) is 73.9 Å². The first-order chi connectivity index (χ1) is 13.4. The molecule has 28 heavy (non-hydrogen) atoms. The number of rotatable bonds is 9. The maximum atomic E-state index is 12.4. The Kier molecular flexibility index (Phi) is 7.87. The average molecular weight is 385 g/mol. The number of hydrogen-bond acceptors (Lipinski definition) is 5. The maximum Gasteiger partial charge on any atom is 0.339 e. The van der Waals surface area contributed by atoms with E-state index in [1.165, 1.54) is 6.92 Å². The highest BCUT2D eigenvalue weighted by atomic mass is 16.5. The van der Waals surface area contributed by atoms with Crippen LogP contribution in [-0.4, -0.2) is 31.2 Å². The van der Waals surface area contributed by atoms with Gasteiger partial charge in [-0.3, -0.25) is 4.79 Å². The average Bonchev–Trinajstić information content (AvgIpc) is 2.67. The molecule has 1 N–H and O–H groups in total. The van der Waals surface area contributed by atoms with Gasteiger partial charge >= 0.3 is 5.97 Å². The molecule has 2 aromatic rings. The van der Waals surface area contributed by atoms with Gasteiger partial charge in [0.15, 0.2) is 17.6 Å². The zero-order valence-corrected chi connectivity index (χ0v) is 16.7. The molecule has 2 rings (SSSR count). The molecule has 0 radical (unpaired) electrons. The summed E-state index contributed by atoms with van der Waals surface area (Å²) in [6.45, 7) is 8.46. The van der Waals surface area contributed by atoms with E-state index in [2.05, 4.69) is 5.32 Å². The van der Waals surface area contributed by atoms with Gasteiger partial charge in [-0.1, -0.05) is 32.0 Å². The van der Waals surface area contributed by atoms with Crippen LogP contribution in [0.5, 0.6) is 11.5 Å². The first-order valence-electron chi connectivity index (χ1n) is 9.37. The molecule has 0 spiro atoms. The third kappa shape index (κ3) is 6.30. The van der Waals surface area contributed by atoms with Gasteiger partial charge in [0.25, 0.3) is 5.91 Å². The second-order valence-electron chi connectivity index (χ2n) is 6.70. The van der Waals surface area contributed by atoms with Crippen LogP contribution < -0.4 is 14.8 Å². The normalized spacial score (nSPS) is 11.6. The molecular weight excluding hydrogens is 358 g/mol. The molecule has 0 saturated carbocycles. The van der Waals surface area contributed by atoms with E-state index in [0.29, 0.717) is 41.9 Å². The Balaban J connectivity index is 2.03. The summed E-state index contributed by atoms with van der Waals surface area (Å²) in [4.78, 5) is 24.7. The van der Waals surface area contributed by atoms with Crippen molar-refractivity contribution in [3.05, 3.63) is 54.1 Å². The number of hydrogen-bond donors (Lipinski definition) is 1. The molecule has 0 heterocycles. The Morgan fingerprint density at radius 3 is 2.32 bits per heavy atom. The summed E-state index contributed by atoms with van der Waals surface area (Å²) in [7, 11) is 0. The largest absolute Gasteiger partial charge is 0.490 e. The van der Waals surface area contributed by atoms with Gasteiger partial charge in [-0.05, 0) is 50.1 Å². The monoisotopic (exact) mass is 385 g/mol. The fourth-order valence-electron chi connectivity index (χ4n) is 2.33. The standard InChI is InChI=1S/C22H27NO5/c1-5-26-20-13-17(11-12-19(20)27-14-15(2)3)22(25)28-16(4)21(24)23-18-9-7-6-8-10-18/h6-13,15-16H,5,14H2,1-4H3,(H,23,24). The lowest BCUT2D eigenvalue weighted by Crippen LogP contribution is -2.30. The summed E-state index contributed by atoms with van der Waals surface area (Å²) in [6.07, 6.45) is -0.944. The quantitative estimate of drug-likeness (QED) is 0.651. The highest BCUT2D eigenvalue weighted by Gasteiger charge is 2.20. The summed E-state index contributed by atoms with van der Waals surface area (Å²) in [5, 5.41) is 2.71. The van der Waals surface area contributed by atoms with E-state index in [0.717, 1.165) is 0 Å². The first-order valence-corrected chi connectivity index (χ1v) is 9.37. The maximum absolute atomic E-state index is 12.4. The first kappa shape index (κ1) is 21.3. The van der Waals surface area contributed by atoms with Crippen molar-refractivity contribution in [2.45, 2.75) is 33.8 Å². The van der Waals surface area contributed by atoms with Crippen molar-refractivity contribution in [2.75, 3.05) is 18.5 Å². The Morgan fingerprint density at radius 1 is 0.964 bits per heavy atom. The van der Waals surface area contributed by atoms with Crippen LogP contribution in [0.3, 0.4) is 0 Å². The molecule has 0 aliphatic rings. The van der Waals surface area contributed by atoms with Gasteiger partial charge in [0.1, 0.15) is 0 Å². The highest BCUT2D eigenvalue weighted by Crippen LogP contribution is 2.29. The SMILES string of the molecule is CCOc1cc(C(=O)OC(C)C(=O)Nc2ccccc2)ccc1OCC(C)C. The van der Waals surface area contributed by atoms with Gasteiger partial charge in [0, 0.05) is 5.69 Å². The summed E-state index contributed by atoms with van der Waals surface area (Å²) >= 11 is 0. The van der Waals surface area contributed by atoms with Crippen LogP contribution in [0.4, 0.5) is 5.69 Å². The van der Waals surface area contributed by atoms with E-state index in [-0.39, 0.29) is 0 Å². The van der Waals surface area contributed by atoms with Crippen molar-refractivity contribution in [3.63, 3.8) is 0 Å². The van der Waals surface area contributed by atoms with Gasteiger partial charge in [0.05, 0.1) is 18.8 Å². The molecule has 0 saturated heterocycles. The number of benzene rings is 2. The van der Waals surface area contributed by atoms with Crippen molar-refractivity contribution in [1.82, 2.24) is 0 Å². The van der Waals surface area contributed by atoms with Gasteiger partial charge in [-0.15, -0.1) is 0 Å². The molecule has 0 fully saturated rings. The Bertz CT molecular complexity index is 789. The second kappa shape index (κ2) is 10.3. The van der Waals surface area contributed by atoms with Crippen molar-refractivity contribution < 1.29 is 23.8 Å². The van der Waals surface area contributed by atoms with Gasteiger partial charge in [-0.25, -0.2) is 4.79 Å². The zero-order chi connectivity index (χ0) is 20.5. The summed E-state index contributed by atoms with van der Waals surface area (Å²) in [6, 6.07) is 13.8. The fourth-order valence-corrected chi connectivity index (χ4v) is 2.33. The lowest BCUT2D eigenvalue weighted by atomic mass is 10.2. The number of carbonyl (C=O) groups excluding carboxylic acids is 2. The molecule has 0 aliphatic heterocycles. The predicted octanol–water partition coefficient (Wildman–Crippen LogP) is 4.30.